The Morgan fingerprint density at radius 1 is 1.25 bits per heavy atom. The fourth-order valence-corrected chi connectivity index (χ4v) is 5.42. The number of likely N-dealkylation sites (tertiary alicyclic amines) is 1. The molecule has 8 heteroatoms. The Hall–Kier alpha value is -0.960. The molecule has 1 aromatic carbocycles. The zero-order valence-corrected chi connectivity index (χ0v) is 16.0. The van der Waals surface area contributed by atoms with Gasteiger partial charge in [-0.05, 0) is 46.5 Å². The first-order chi connectivity index (χ1) is 11.4. The number of nitrogens with zero attached hydrogens (tertiary/aromatic N) is 2. The molecule has 0 spiro atoms. The van der Waals surface area contributed by atoms with E-state index in [9.17, 15) is 13.2 Å². The van der Waals surface area contributed by atoms with Crippen molar-refractivity contribution in [1.82, 2.24) is 9.21 Å². The lowest BCUT2D eigenvalue weighted by molar-refractivity contribution is 0.0730. The first-order valence-electron chi connectivity index (χ1n) is 8.06. The summed E-state index contributed by atoms with van der Waals surface area (Å²) in [5, 5.41) is 0. The van der Waals surface area contributed by atoms with Gasteiger partial charge in [0.05, 0.1) is 18.1 Å². The molecule has 24 heavy (non-hydrogen) atoms. The molecule has 0 aliphatic carbocycles. The molecule has 1 atom stereocenters. The highest BCUT2D eigenvalue weighted by atomic mass is 79.9. The Bertz CT molecular complexity index is 732. The number of sulfonamides is 1. The molecule has 2 heterocycles. The van der Waals surface area contributed by atoms with E-state index < -0.39 is 10.0 Å². The molecule has 1 unspecified atom stereocenters. The summed E-state index contributed by atoms with van der Waals surface area (Å²) in [5.41, 5.74) is 0.416. The largest absolute Gasteiger partial charge is 0.379 e. The van der Waals surface area contributed by atoms with Crippen molar-refractivity contribution in [1.29, 1.82) is 0 Å². The van der Waals surface area contributed by atoms with Gasteiger partial charge in [-0.1, -0.05) is 6.92 Å². The number of halogens is 1. The zero-order valence-electron chi connectivity index (χ0n) is 13.6. The van der Waals surface area contributed by atoms with E-state index in [0.717, 1.165) is 19.5 Å². The molecular formula is C16H21BrN2O4S. The minimum atomic E-state index is -3.65. The maximum atomic E-state index is 12.9. The van der Waals surface area contributed by atoms with Crippen molar-refractivity contribution >= 4 is 31.9 Å². The number of benzene rings is 1. The van der Waals surface area contributed by atoms with E-state index >= 15 is 0 Å². The summed E-state index contributed by atoms with van der Waals surface area (Å²) in [4.78, 5) is 14.6. The smallest absolute Gasteiger partial charge is 0.253 e. The lowest BCUT2D eigenvalue weighted by Crippen LogP contribution is -2.40. The SMILES string of the molecule is CC1CCN(C(=O)c2ccc(Br)c(S(=O)(=O)N3CCOCC3)c2)C1. The minimum Gasteiger partial charge on any atom is -0.379 e. The normalized spacial score (nSPS) is 22.8. The van der Waals surface area contributed by atoms with Gasteiger partial charge in [-0.2, -0.15) is 4.31 Å². The van der Waals surface area contributed by atoms with Crippen LogP contribution in [-0.4, -0.2) is 62.9 Å². The van der Waals surface area contributed by atoms with E-state index in [4.69, 9.17) is 4.74 Å². The number of amides is 1. The molecule has 2 aliphatic rings. The molecule has 2 saturated heterocycles. The fourth-order valence-electron chi connectivity index (χ4n) is 3.06. The van der Waals surface area contributed by atoms with Gasteiger partial charge in [0.2, 0.25) is 10.0 Å². The highest BCUT2D eigenvalue weighted by Gasteiger charge is 2.30. The summed E-state index contributed by atoms with van der Waals surface area (Å²) in [6.45, 7) is 5.00. The van der Waals surface area contributed by atoms with Gasteiger partial charge in [0.25, 0.3) is 5.91 Å². The first-order valence-corrected chi connectivity index (χ1v) is 10.3. The maximum Gasteiger partial charge on any atom is 0.253 e. The zero-order chi connectivity index (χ0) is 17.3. The van der Waals surface area contributed by atoms with Crippen LogP contribution in [0.5, 0.6) is 0 Å². The number of hydrogen-bond donors (Lipinski definition) is 0. The lowest BCUT2D eigenvalue weighted by Gasteiger charge is -2.26. The van der Waals surface area contributed by atoms with Crippen LogP contribution in [0.25, 0.3) is 0 Å². The van der Waals surface area contributed by atoms with E-state index in [1.807, 2.05) is 0 Å². The molecular weight excluding hydrogens is 396 g/mol. The number of hydrogen-bond acceptors (Lipinski definition) is 4. The van der Waals surface area contributed by atoms with E-state index in [1.165, 1.54) is 10.4 Å². The summed E-state index contributed by atoms with van der Waals surface area (Å²) in [7, 11) is -3.65. The molecule has 3 rings (SSSR count). The van der Waals surface area contributed by atoms with Crippen molar-refractivity contribution < 1.29 is 17.9 Å². The number of rotatable bonds is 3. The molecule has 0 N–H and O–H groups in total. The Morgan fingerprint density at radius 3 is 2.58 bits per heavy atom. The Balaban J connectivity index is 1.90. The summed E-state index contributed by atoms with van der Waals surface area (Å²) < 4.78 is 32.8. The average molecular weight is 417 g/mol. The predicted octanol–water partition coefficient (Wildman–Crippen LogP) is 1.95. The topological polar surface area (TPSA) is 66.9 Å². The Kier molecular flexibility index (Phi) is 5.29. The standard InChI is InChI=1S/C16H21BrN2O4S/c1-12-4-5-18(11-12)16(20)13-2-3-14(17)15(10-13)24(21,22)19-6-8-23-9-7-19/h2-3,10,12H,4-9,11H2,1H3. The van der Waals surface area contributed by atoms with Crippen molar-refractivity contribution in [3.63, 3.8) is 0 Å². The van der Waals surface area contributed by atoms with Crippen LogP contribution in [0.2, 0.25) is 0 Å². The van der Waals surface area contributed by atoms with E-state index in [1.54, 1.807) is 17.0 Å². The summed E-state index contributed by atoms with van der Waals surface area (Å²) in [6, 6.07) is 4.80. The van der Waals surface area contributed by atoms with Gasteiger partial charge in [0.1, 0.15) is 0 Å². The highest BCUT2D eigenvalue weighted by Crippen LogP contribution is 2.28. The van der Waals surface area contributed by atoms with E-state index in [2.05, 4.69) is 22.9 Å². The van der Waals surface area contributed by atoms with Crippen LogP contribution in [-0.2, 0) is 14.8 Å². The van der Waals surface area contributed by atoms with Crippen LogP contribution >= 0.6 is 15.9 Å². The molecule has 6 nitrogen and oxygen atoms in total. The molecule has 0 aromatic heterocycles. The van der Waals surface area contributed by atoms with Crippen LogP contribution in [0.15, 0.2) is 27.6 Å². The minimum absolute atomic E-state index is 0.106. The van der Waals surface area contributed by atoms with Gasteiger partial charge >= 0.3 is 0 Å². The summed E-state index contributed by atoms with van der Waals surface area (Å²) in [5.74, 6) is 0.381. The molecule has 132 valence electrons. The van der Waals surface area contributed by atoms with Crippen molar-refractivity contribution in [3.8, 4) is 0 Å². The molecule has 0 bridgehead atoms. The van der Waals surface area contributed by atoms with Gasteiger partial charge in [-0.15, -0.1) is 0 Å². The van der Waals surface area contributed by atoms with Gasteiger partial charge < -0.3 is 9.64 Å². The molecule has 0 radical (unpaired) electrons. The van der Waals surface area contributed by atoms with Gasteiger partial charge in [-0.25, -0.2) is 8.42 Å². The number of morpholine rings is 1. The quantitative estimate of drug-likeness (QED) is 0.754. The summed E-state index contributed by atoms with van der Waals surface area (Å²) >= 11 is 3.31. The van der Waals surface area contributed by atoms with Crippen LogP contribution in [0, 0.1) is 5.92 Å². The fraction of sp³-hybridized carbons (Fsp3) is 0.562. The second kappa shape index (κ2) is 7.11. The summed E-state index contributed by atoms with van der Waals surface area (Å²) in [6.07, 6.45) is 0.987. The Labute approximate surface area is 150 Å². The third kappa shape index (κ3) is 3.51. The van der Waals surface area contributed by atoms with Crippen molar-refractivity contribution in [2.75, 3.05) is 39.4 Å². The number of carbonyl (C=O) groups excluding carboxylic acids is 1. The second-order valence-corrected chi connectivity index (χ2v) is 9.07. The van der Waals surface area contributed by atoms with Crippen LogP contribution in [0.1, 0.15) is 23.7 Å². The van der Waals surface area contributed by atoms with Crippen LogP contribution in [0.4, 0.5) is 0 Å². The Morgan fingerprint density at radius 2 is 1.96 bits per heavy atom. The molecule has 2 fully saturated rings. The van der Waals surface area contributed by atoms with E-state index in [0.29, 0.717) is 42.3 Å². The number of carbonyl (C=O) groups is 1. The molecule has 0 saturated carbocycles. The van der Waals surface area contributed by atoms with Gasteiger partial charge in [0.15, 0.2) is 0 Å². The van der Waals surface area contributed by atoms with Gasteiger partial charge in [-0.3, -0.25) is 4.79 Å². The van der Waals surface area contributed by atoms with Crippen LogP contribution < -0.4 is 0 Å². The van der Waals surface area contributed by atoms with Gasteiger partial charge in [0, 0.05) is 36.2 Å². The second-order valence-electron chi connectivity index (χ2n) is 6.31. The van der Waals surface area contributed by atoms with E-state index in [-0.39, 0.29) is 10.8 Å². The molecule has 1 amide bonds. The van der Waals surface area contributed by atoms with Crippen molar-refractivity contribution in [3.05, 3.63) is 28.2 Å². The third-order valence-corrected chi connectivity index (χ3v) is 7.37. The monoisotopic (exact) mass is 416 g/mol. The molecule has 2 aliphatic heterocycles. The lowest BCUT2D eigenvalue weighted by atomic mass is 10.2. The first kappa shape index (κ1) is 17.8. The molecule has 1 aromatic rings. The number of ether oxygens (including phenoxy) is 1. The van der Waals surface area contributed by atoms with Crippen LogP contribution in [0.3, 0.4) is 0 Å². The van der Waals surface area contributed by atoms with Crippen molar-refractivity contribution in [2.24, 2.45) is 5.92 Å². The van der Waals surface area contributed by atoms with Crippen molar-refractivity contribution in [2.45, 2.75) is 18.2 Å². The maximum absolute atomic E-state index is 12.9. The predicted molar refractivity (Wildman–Crippen MR) is 93.4 cm³/mol. The third-order valence-electron chi connectivity index (χ3n) is 4.48. The average Bonchev–Trinajstić information content (AvgIpc) is 3.02. The highest BCUT2D eigenvalue weighted by molar-refractivity contribution is 9.10.